The van der Waals surface area contributed by atoms with Gasteiger partial charge in [0.25, 0.3) is 0 Å². The lowest BCUT2D eigenvalue weighted by Gasteiger charge is -2.34. The molecule has 0 unspecified atom stereocenters. The molecule has 1 aliphatic heterocycles. The molecule has 18 heavy (non-hydrogen) atoms. The van der Waals surface area contributed by atoms with E-state index < -0.39 is 5.97 Å². The number of hydrogen-bond donors (Lipinski definition) is 3. The van der Waals surface area contributed by atoms with Gasteiger partial charge in [0.1, 0.15) is 0 Å². The van der Waals surface area contributed by atoms with E-state index in [0.717, 1.165) is 26.2 Å². The zero-order chi connectivity index (χ0) is 13.0. The number of aliphatic hydroxyl groups excluding tert-OH is 1. The molecule has 5 heteroatoms. The predicted octanol–water partition coefficient (Wildman–Crippen LogP) is 0.323. The summed E-state index contributed by atoms with van der Waals surface area (Å²) >= 11 is 0. The summed E-state index contributed by atoms with van der Waals surface area (Å²) in [6, 6.07) is 6.65. The highest BCUT2D eigenvalue weighted by molar-refractivity contribution is 5.89. The topological polar surface area (TPSA) is 72.8 Å². The minimum absolute atomic E-state index is 0.0652. The molecule has 98 valence electrons. The molecule has 0 saturated carbocycles. The molecule has 1 heterocycles. The largest absolute Gasteiger partial charge is 0.478 e. The first kappa shape index (κ1) is 13.0. The summed E-state index contributed by atoms with van der Waals surface area (Å²) in [7, 11) is 0. The number of nitrogens with zero attached hydrogens (tertiary/aromatic N) is 1. The summed E-state index contributed by atoms with van der Waals surface area (Å²) in [6.45, 7) is 3.31. The Labute approximate surface area is 106 Å². The Kier molecular flexibility index (Phi) is 4.30. The summed E-state index contributed by atoms with van der Waals surface area (Å²) < 4.78 is 0. The van der Waals surface area contributed by atoms with E-state index in [4.69, 9.17) is 0 Å². The molecule has 1 atom stereocenters. The number of carboxylic acids is 1. The standard InChI is InChI=1S/C13H18N2O3/c16-9-12(15-7-5-14-6-8-15)10-3-1-2-4-11(10)13(17)18/h1-4,12,14,16H,5-9H2,(H,17,18)/t12-/m0/s1. The first-order valence-corrected chi connectivity index (χ1v) is 6.12. The summed E-state index contributed by atoms with van der Waals surface area (Å²) in [6.07, 6.45) is 0. The van der Waals surface area contributed by atoms with Crippen LogP contribution in [0.2, 0.25) is 0 Å². The van der Waals surface area contributed by atoms with Gasteiger partial charge in [0, 0.05) is 26.2 Å². The van der Waals surface area contributed by atoms with E-state index in [1.807, 2.05) is 6.07 Å². The van der Waals surface area contributed by atoms with E-state index >= 15 is 0 Å². The lowest BCUT2D eigenvalue weighted by molar-refractivity contribution is 0.0686. The van der Waals surface area contributed by atoms with E-state index in [0.29, 0.717) is 5.56 Å². The van der Waals surface area contributed by atoms with Crippen LogP contribution in [0.15, 0.2) is 24.3 Å². The number of piperazine rings is 1. The molecule has 3 N–H and O–H groups in total. The molecule has 1 aromatic rings. The van der Waals surface area contributed by atoms with Crippen molar-refractivity contribution in [2.45, 2.75) is 6.04 Å². The fraction of sp³-hybridized carbons (Fsp3) is 0.462. The Bertz CT molecular complexity index is 416. The first-order valence-electron chi connectivity index (χ1n) is 6.12. The average Bonchev–Trinajstić information content (AvgIpc) is 2.41. The van der Waals surface area contributed by atoms with Crippen LogP contribution >= 0.6 is 0 Å². The molecule has 1 aliphatic rings. The smallest absolute Gasteiger partial charge is 0.336 e. The van der Waals surface area contributed by atoms with Crippen LogP contribution in [-0.2, 0) is 0 Å². The third-order valence-corrected chi connectivity index (χ3v) is 3.32. The Morgan fingerprint density at radius 3 is 2.61 bits per heavy atom. The van der Waals surface area contributed by atoms with E-state index in [2.05, 4.69) is 10.2 Å². The van der Waals surface area contributed by atoms with Crippen LogP contribution in [-0.4, -0.2) is 53.9 Å². The summed E-state index contributed by atoms with van der Waals surface area (Å²) in [4.78, 5) is 13.3. The van der Waals surface area contributed by atoms with Crippen LogP contribution in [0.4, 0.5) is 0 Å². The number of carbonyl (C=O) groups is 1. The second kappa shape index (κ2) is 5.95. The molecule has 1 saturated heterocycles. The van der Waals surface area contributed by atoms with Gasteiger partial charge in [-0.1, -0.05) is 18.2 Å². The molecular weight excluding hydrogens is 232 g/mol. The van der Waals surface area contributed by atoms with Crippen molar-refractivity contribution in [2.75, 3.05) is 32.8 Å². The quantitative estimate of drug-likeness (QED) is 0.718. The molecule has 1 fully saturated rings. The van der Waals surface area contributed by atoms with Gasteiger partial charge in [0.15, 0.2) is 0 Å². The average molecular weight is 250 g/mol. The Morgan fingerprint density at radius 1 is 1.33 bits per heavy atom. The van der Waals surface area contributed by atoms with Crippen molar-refractivity contribution in [2.24, 2.45) is 0 Å². The monoisotopic (exact) mass is 250 g/mol. The molecule has 0 aliphatic carbocycles. The van der Waals surface area contributed by atoms with Crippen molar-refractivity contribution in [3.63, 3.8) is 0 Å². The number of aliphatic hydroxyl groups is 1. The highest BCUT2D eigenvalue weighted by Crippen LogP contribution is 2.24. The van der Waals surface area contributed by atoms with Crippen molar-refractivity contribution >= 4 is 5.97 Å². The van der Waals surface area contributed by atoms with Crippen molar-refractivity contribution in [1.82, 2.24) is 10.2 Å². The second-order valence-corrected chi connectivity index (χ2v) is 4.38. The summed E-state index contributed by atoms with van der Waals surface area (Å²) in [5.41, 5.74) is 0.962. The third-order valence-electron chi connectivity index (χ3n) is 3.32. The Hall–Kier alpha value is -1.43. The van der Waals surface area contributed by atoms with Gasteiger partial charge in [0.05, 0.1) is 18.2 Å². The number of rotatable bonds is 4. The van der Waals surface area contributed by atoms with Crippen LogP contribution < -0.4 is 5.32 Å². The maximum Gasteiger partial charge on any atom is 0.336 e. The van der Waals surface area contributed by atoms with Crippen molar-refractivity contribution in [3.05, 3.63) is 35.4 Å². The normalized spacial score (nSPS) is 18.5. The van der Waals surface area contributed by atoms with Crippen LogP contribution in [0.1, 0.15) is 22.0 Å². The Balaban J connectivity index is 2.28. The maximum absolute atomic E-state index is 11.2. The number of hydrogen-bond acceptors (Lipinski definition) is 4. The van der Waals surface area contributed by atoms with Gasteiger partial charge in [-0.05, 0) is 11.6 Å². The molecule has 0 bridgehead atoms. The van der Waals surface area contributed by atoms with Gasteiger partial charge >= 0.3 is 5.97 Å². The maximum atomic E-state index is 11.2. The number of aromatic carboxylic acids is 1. The molecular formula is C13H18N2O3. The first-order chi connectivity index (χ1) is 8.74. The number of benzene rings is 1. The minimum Gasteiger partial charge on any atom is -0.478 e. The zero-order valence-corrected chi connectivity index (χ0v) is 10.2. The van der Waals surface area contributed by atoms with E-state index in [1.165, 1.54) is 0 Å². The van der Waals surface area contributed by atoms with Crippen LogP contribution in [0.25, 0.3) is 0 Å². The SMILES string of the molecule is O=C(O)c1ccccc1[C@H](CO)N1CCNCC1. The van der Waals surface area contributed by atoms with Crippen LogP contribution in [0.3, 0.4) is 0 Å². The van der Waals surface area contributed by atoms with Gasteiger partial charge in [-0.25, -0.2) is 4.79 Å². The highest BCUT2D eigenvalue weighted by atomic mass is 16.4. The number of nitrogens with one attached hydrogen (secondary N) is 1. The van der Waals surface area contributed by atoms with Crippen LogP contribution in [0, 0.1) is 0 Å². The van der Waals surface area contributed by atoms with Gasteiger partial charge in [-0.2, -0.15) is 0 Å². The molecule has 0 spiro atoms. The number of carboxylic acid groups (broad SMARTS) is 1. The highest BCUT2D eigenvalue weighted by Gasteiger charge is 2.25. The van der Waals surface area contributed by atoms with E-state index in [1.54, 1.807) is 18.2 Å². The van der Waals surface area contributed by atoms with Crippen molar-refractivity contribution < 1.29 is 15.0 Å². The van der Waals surface area contributed by atoms with E-state index in [-0.39, 0.29) is 18.2 Å². The lowest BCUT2D eigenvalue weighted by atomic mass is 9.99. The molecule has 0 aromatic heterocycles. The minimum atomic E-state index is -0.945. The third kappa shape index (κ3) is 2.69. The Morgan fingerprint density at radius 2 is 2.00 bits per heavy atom. The van der Waals surface area contributed by atoms with E-state index in [9.17, 15) is 15.0 Å². The molecule has 0 amide bonds. The van der Waals surface area contributed by atoms with Crippen molar-refractivity contribution in [1.29, 1.82) is 0 Å². The van der Waals surface area contributed by atoms with Crippen molar-refractivity contribution in [3.8, 4) is 0 Å². The van der Waals surface area contributed by atoms with Gasteiger partial charge in [-0.3, -0.25) is 4.90 Å². The molecule has 1 aromatic carbocycles. The molecule has 5 nitrogen and oxygen atoms in total. The summed E-state index contributed by atoms with van der Waals surface area (Å²) in [5.74, 6) is -0.945. The van der Waals surface area contributed by atoms with Gasteiger partial charge < -0.3 is 15.5 Å². The lowest BCUT2D eigenvalue weighted by Crippen LogP contribution is -2.46. The molecule has 2 rings (SSSR count). The van der Waals surface area contributed by atoms with Gasteiger partial charge in [-0.15, -0.1) is 0 Å². The zero-order valence-electron chi connectivity index (χ0n) is 10.2. The predicted molar refractivity (Wildman–Crippen MR) is 67.7 cm³/mol. The summed E-state index contributed by atoms with van der Waals surface area (Å²) in [5, 5.41) is 22.0. The second-order valence-electron chi connectivity index (χ2n) is 4.38. The van der Waals surface area contributed by atoms with Crippen LogP contribution in [0.5, 0.6) is 0 Å². The van der Waals surface area contributed by atoms with Gasteiger partial charge in [0.2, 0.25) is 0 Å². The fourth-order valence-corrected chi connectivity index (χ4v) is 2.39. The molecule has 0 radical (unpaired) electrons. The fourth-order valence-electron chi connectivity index (χ4n) is 2.39.